The Labute approximate surface area is 128 Å². The number of ether oxygens (including phenoxy) is 1. The lowest BCUT2D eigenvalue weighted by molar-refractivity contribution is 0.340. The van der Waals surface area contributed by atoms with E-state index >= 15 is 0 Å². The first kappa shape index (κ1) is 17.4. The predicted molar refractivity (Wildman–Crippen MR) is 90.9 cm³/mol. The van der Waals surface area contributed by atoms with E-state index in [-0.39, 0.29) is 0 Å². The minimum absolute atomic E-state index is 0.447. The van der Waals surface area contributed by atoms with Crippen LogP contribution in [0.2, 0.25) is 0 Å². The second-order valence-corrected chi connectivity index (χ2v) is 6.04. The average Bonchev–Trinajstić information content (AvgIpc) is 2.47. The van der Waals surface area contributed by atoms with E-state index < -0.39 is 0 Å². The molecule has 114 valence electrons. The van der Waals surface area contributed by atoms with E-state index in [2.05, 4.69) is 55.2 Å². The Morgan fingerprint density at radius 2 is 1.85 bits per heavy atom. The largest absolute Gasteiger partial charge is 0.494 e. The molecule has 0 saturated carbocycles. The molecule has 1 aromatic carbocycles. The molecular weight excluding hydrogens is 266 g/mol. The van der Waals surface area contributed by atoms with E-state index in [9.17, 15) is 0 Å². The van der Waals surface area contributed by atoms with Crippen molar-refractivity contribution in [3.8, 4) is 5.75 Å². The van der Waals surface area contributed by atoms with Gasteiger partial charge in [0, 0.05) is 11.8 Å². The molecule has 1 N–H and O–H groups in total. The molecule has 0 aliphatic heterocycles. The maximum Gasteiger partial charge on any atom is 0.119 e. The summed E-state index contributed by atoms with van der Waals surface area (Å²) in [6.07, 6.45) is 3.99. The standard InChI is InChI=1S/C17H29NOS/c1-4-7-8-13-20-14-17(18-5-2)15-9-11-16(12-10-15)19-6-3/h9-12,17-18H,4-8,13-14H2,1-3H3. The molecule has 20 heavy (non-hydrogen) atoms. The van der Waals surface area contributed by atoms with Crippen LogP contribution >= 0.6 is 11.8 Å². The van der Waals surface area contributed by atoms with E-state index in [1.165, 1.54) is 30.6 Å². The normalized spacial score (nSPS) is 12.3. The van der Waals surface area contributed by atoms with E-state index in [0.29, 0.717) is 6.04 Å². The summed E-state index contributed by atoms with van der Waals surface area (Å²) < 4.78 is 5.50. The third-order valence-electron chi connectivity index (χ3n) is 3.22. The fourth-order valence-electron chi connectivity index (χ4n) is 2.14. The fraction of sp³-hybridized carbons (Fsp3) is 0.647. The van der Waals surface area contributed by atoms with Gasteiger partial charge in [-0.3, -0.25) is 0 Å². The van der Waals surface area contributed by atoms with Crippen molar-refractivity contribution in [1.29, 1.82) is 0 Å². The lowest BCUT2D eigenvalue weighted by Gasteiger charge is -2.18. The highest BCUT2D eigenvalue weighted by Crippen LogP contribution is 2.22. The molecule has 0 spiro atoms. The molecule has 0 aliphatic carbocycles. The zero-order valence-electron chi connectivity index (χ0n) is 13.2. The molecule has 0 saturated heterocycles. The number of hydrogen-bond donors (Lipinski definition) is 1. The van der Waals surface area contributed by atoms with Crippen molar-refractivity contribution in [3.05, 3.63) is 29.8 Å². The van der Waals surface area contributed by atoms with Crippen molar-refractivity contribution in [2.75, 3.05) is 24.7 Å². The number of hydrogen-bond acceptors (Lipinski definition) is 3. The predicted octanol–water partition coefficient (Wildman–Crippen LogP) is 4.66. The molecular formula is C17H29NOS. The van der Waals surface area contributed by atoms with Crippen molar-refractivity contribution < 1.29 is 4.74 Å². The van der Waals surface area contributed by atoms with Crippen molar-refractivity contribution in [2.24, 2.45) is 0 Å². The van der Waals surface area contributed by atoms with Gasteiger partial charge in [-0.05, 0) is 43.3 Å². The molecule has 0 radical (unpaired) electrons. The number of unbranched alkanes of at least 4 members (excludes halogenated alkanes) is 2. The topological polar surface area (TPSA) is 21.3 Å². The Morgan fingerprint density at radius 3 is 2.45 bits per heavy atom. The van der Waals surface area contributed by atoms with E-state index in [1.54, 1.807) is 0 Å². The Hall–Kier alpha value is -0.670. The summed E-state index contributed by atoms with van der Waals surface area (Å²) in [4.78, 5) is 0. The third-order valence-corrected chi connectivity index (χ3v) is 4.37. The quantitative estimate of drug-likeness (QED) is 0.600. The lowest BCUT2D eigenvalue weighted by atomic mass is 10.1. The number of benzene rings is 1. The second kappa shape index (κ2) is 11.0. The van der Waals surface area contributed by atoms with Gasteiger partial charge in [0.15, 0.2) is 0 Å². The molecule has 0 fully saturated rings. The number of rotatable bonds is 11. The minimum atomic E-state index is 0.447. The summed E-state index contributed by atoms with van der Waals surface area (Å²) in [5.74, 6) is 3.38. The van der Waals surface area contributed by atoms with Gasteiger partial charge in [0.05, 0.1) is 6.61 Å². The summed E-state index contributed by atoms with van der Waals surface area (Å²) in [5.41, 5.74) is 1.36. The van der Waals surface area contributed by atoms with Crippen LogP contribution in [-0.2, 0) is 0 Å². The molecule has 1 aromatic rings. The van der Waals surface area contributed by atoms with Gasteiger partial charge in [-0.25, -0.2) is 0 Å². The summed E-state index contributed by atoms with van der Waals surface area (Å²) in [5, 5.41) is 3.58. The van der Waals surface area contributed by atoms with E-state index in [1.807, 2.05) is 6.92 Å². The Morgan fingerprint density at radius 1 is 1.10 bits per heavy atom. The van der Waals surface area contributed by atoms with Crippen LogP contribution in [-0.4, -0.2) is 24.7 Å². The molecule has 0 aliphatic rings. The second-order valence-electron chi connectivity index (χ2n) is 4.89. The average molecular weight is 295 g/mol. The molecule has 1 rings (SSSR count). The highest BCUT2D eigenvalue weighted by Gasteiger charge is 2.10. The summed E-state index contributed by atoms with van der Waals surface area (Å²) in [7, 11) is 0. The van der Waals surface area contributed by atoms with Crippen LogP contribution in [0.15, 0.2) is 24.3 Å². The van der Waals surface area contributed by atoms with E-state index in [4.69, 9.17) is 4.74 Å². The summed E-state index contributed by atoms with van der Waals surface area (Å²) in [6.45, 7) is 8.17. The van der Waals surface area contributed by atoms with Gasteiger partial charge in [-0.2, -0.15) is 11.8 Å². The minimum Gasteiger partial charge on any atom is -0.494 e. The highest BCUT2D eigenvalue weighted by atomic mass is 32.2. The zero-order valence-corrected chi connectivity index (χ0v) is 14.0. The lowest BCUT2D eigenvalue weighted by Crippen LogP contribution is -2.23. The smallest absolute Gasteiger partial charge is 0.119 e. The third kappa shape index (κ3) is 6.67. The van der Waals surface area contributed by atoms with Gasteiger partial charge in [-0.15, -0.1) is 0 Å². The molecule has 0 aromatic heterocycles. The van der Waals surface area contributed by atoms with Crippen LogP contribution in [0.1, 0.15) is 51.6 Å². The Kier molecular flexibility index (Phi) is 9.60. The van der Waals surface area contributed by atoms with Crippen LogP contribution in [0.5, 0.6) is 5.75 Å². The van der Waals surface area contributed by atoms with Crippen LogP contribution in [0, 0.1) is 0 Å². The maximum absolute atomic E-state index is 5.50. The molecule has 0 amide bonds. The van der Waals surface area contributed by atoms with Gasteiger partial charge in [0.25, 0.3) is 0 Å². The first-order chi connectivity index (χ1) is 9.81. The molecule has 0 heterocycles. The fourth-order valence-corrected chi connectivity index (χ4v) is 3.26. The van der Waals surface area contributed by atoms with Gasteiger partial charge >= 0.3 is 0 Å². The van der Waals surface area contributed by atoms with Crippen molar-refractivity contribution >= 4 is 11.8 Å². The summed E-state index contributed by atoms with van der Waals surface area (Å²) >= 11 is 2.06. The molecule has 2 nitrogen and oxygen atoms in total. The van der Waals surface area contributed by atoms with Crippen LogP contribution in [0.3, 0.4) is 0 Å². The number of nitrogens with one attached hydrogen (secondary N) is 1. The van der Waals surface area contributed by atoms with Gasteiger partial charge in [0.1, 0.15) is 5.75 Å². The first-order valence-corrected chi connectivity index (χ1v) is 9.01. The van der Waals surface area contributed by atoms with Gasteiger partial charge in [0.2, 0.25) is 0 Å². The molecule has 1 unspecified atom stereocenters. The van der Waals surface area contributed by atoms with Crippen molar-refractivity contribution in [1.82, 2.24) is 5.32 Å². The molecule has 0 bridgehead atoms. The molecule has 3 heteroatoms. The van der Waals surface area contributed by atoms with Crippen LogP contribution < -0.4 is 10.1 Å². The van der Waals surface area contributed by atoms with Crippen LogP contribution in [0.4, 0.5) is 0 Å². The highest BCUT2D eigenvalue weighted by molar-refractivity contribution is 7.99. The Balaban J connectivity index is 2.47. The number of thioether (sulfide) groups is 1. The van der Waals surface area contributed by atoms with Crippen molar-refractivity contribution in [2.45, 2.75) is 46.1 Å². The Bertz CT molecular complexity index is 339. The van der Waals surface area contributed by atoms with Crippen LogP contribution in [0.25, 0.3) is 0 Å². The SMILES string of the molecule is CCCCCSCC(NCC)c1ccc(OCC)cc1. The maximum atomic E-state index is 5.50. The first-order valence-electron chi connectivity index (χ1n) is 7.85. The molecule has 1 atom stereocenters. The zero-order chi connectivity index (χ0) is 14.6. The van der Waals surface area contributed by atoms with Gasteiger partial charge in [-0.1, -0.05) is 38.8 Å². The monoisotopic (exact) mass is 295 g/mol. The van der Waals surface area contributed by atoms with E-state index in [0.717, 1.165) is 24.7 Å². The van der Waals surface area contributed by atoms with Gasteiger partial charge < -0.3 is 10.1 Å². The summed E-state index contributed by atoms with van der Waals surface area (Å²) in [6, 6.07) is 8.97. The van der Waals surface area contributed by atoms with Crippen molar-refractivity contribution in [3.63, 3.8) is 0 Å².